The lowest BCUT2D eigenvalue weighted by atomic mass is 9.44. The molecule has 1 spiro atoms. The van der Waals surface area contributed by atoms with Crippen molar-refractivity contribution in [3.05, 3.63) is 0 Å². The smallest absolute Gasteiger partial charge is 0.103 e. The second-order valence-corrected chi connectivity index (χ2v) is 15.6. The fourth-order valence-corrected chi connectivity index (χ4v) is 10.9. The highest BCUT2D eigenvalue weighted by atomic mass is 16.6. The van der Waals surface area contributed by atoms with Crippen LogP contribution in [-0.4, -0.2) is 24.4 Å². The van der Waals surface area contributed by atoms with Crippen LogP contribution in [-0.2, 0) is 9.47 Å². The molecule has 10 atom stereocenters. The van der Waals surface area contributed by atoms with E-state index < -0.39 is 0 Å². The monoisotopic (exact) mass is 514 g/mol. The number of rotatable bonds is 13. The first-order chi connectivity index (χ1) is 17.7. The molecule has 1 aliphatic heterocycles. The van der Waals surface area contributed by atoms with Crippen LogP contribution in [0.1, 0.15) is 151 Å². The van der Waals surface area contributed by atoms with Gasteiger partial charge in [-0.2, -0.15) is 0 Å². The molecule has 214 valence electrons. The summed E-state index contributed by atoms with van der Waals surface area (Å²) in [5, 5.41) is 0. The van der Waals surface area contributed by atoms with Crippen LogP contribution in [0.4, 0.5) is 0 Å². The Hall–Kier alpha value is -0.0800. The summed E-state index contributed by atoms with van der Waals surface area (Å²) < 4.78 is 13.3. The van der Waals surface area contributed by atoms with E-state index >= 15 is 0 Å². The van der Waals surface area contributed by atoms with E-state index in [2.05, 4.69) is 41.5 Å². The normalized spacial score (nSPS) is 45.2. The molecule has 1 saturated heterocycles. The van der Waals surface area contributed by atoms with Crippen LogP contribution >= 0.6 is 0 Å². The van der Waals surface area contributed by atoms with Gasteiger partial charge in [-0.3, -0.25) is 0 Å². The Balaban J connectivity index is 1.17. The Morgan fingerprint density at radius 2 is 1.62 bits per heavy atom. The van der Waals surface area contributed by atoms with Crippen molar-refractivity contribution >= 4 is 0 Å². The summed E-state index contributed by atoms with van der Waals surface area (Å²) in [5.74, 6) is 5.46. The SMILES string of the molecule is CCCCCCCCO[C@H]1CC[C@]2(C)[C@H]3CC[C@]4(C)[C@@H]([C@H](C)CCCC(C)C)CC[C@H]4[C@@H]3C[C@@H]3OC32C1. The minimum absolute atomic E-state index is 0.161. The molecule has 0 radical (unpaired) electrons. The number of hydrogen-bond donors (Lipinski definition) is 0. The standard InChI is InChI=1S/C35H62O2/c1-7-8-9-10-11-12-22-36-27-18-21-34(6)31-19-20-33(5)29(26(4)15-13-14-25(2)3)16-17-30(33)28(31)23-32-35(34,24-27)37-32/h25-32H,7-24H2,1-6H3/t26-,27+,28+,29-,30+,31+,32+,33-,34-,35?/m1/s1. The third-order valence-corrected chi connectivity index (χ3v) is 13.1. The van der Waals surface area contributed by atoms with Gasteiger partial charge in [0.1, 0.15) is 5.60 Å². The van der Waals surface area contributed by atoms with Gasteiger partial charge in [0.05, 0.1) is 12.2 Å². The molecule has 0 bridgehead atoms. The minimum Gasteiger partial charge on any atom is -0.378 e. The zero-order valence-electron chi connectivity index (χ0n) is 25.7. The molecule has 1 heterocycles. The minimum atomic E-state index is 0.161. The number of hydrogen-bond acceptors (Lipinski definition) is 2. The van der Waals surface area contributed by atoms with Gasteiger partial charge in [0.15, 0.2) is 0 Å². The average molecular weight is 515 g/mol. The molecule has 5 rings (SSSR count). The Morgan fingerprint density at radius 3 is 2.41 bits per heavy atom. The molecule has 5 fully saturated rings. The summed E-state index contributed by atoms with van der Waals surface area (Å²) in [7, 11) is 0. The zero-order chi connectivity index (χ0) is 26.3. The van der Waals surface area contributed by atoms with Crippen molar-refractivity contribution in [3.8, 4) is 0 Å². The topological polar surface area (TPSA) is 21.8 Å². The van der Waals surface area contributed by atoms with E-state index in [1.807, 2.05) is 0 Å². The highest BCUT2D eigenvalue weighted by Gasteiger charge is 2.76. The lowest BCUT2D eigenvalue weighted by Crippen LogP contribution is -2.58. The van der Waals surface area contributed by atoms with E-state index in [0.717, 1.165) is 42.1 Å². The van der Waals surface area contributed by atoms with Crippen molar-refractivity contribution in [1.29, 1.82) is 0 Å². The number of unbranched alkanes of at least 4 members (excludes halogenated alkanes) is 5. The summed E-state index contributed by atoms with van der Waals surface area (Å²) in [4.78, 5) is 0. The van der Waals surface area contributed by atoms with Gasteiger partial charge in [0, 0.05) is 18.4 Å². The van der Waals surface area contributed by atoms with Crippen LogP contribution in [0.25, 0.3) is 0 Å². The molecule has 5 aliphatic rings. The molecule has 0 amide bonds. The van der Waals surface area contributed by atoms with E-state index in [4.69, 9.17) is 9.47 Å². The molecular weight excluding hydrogens is 452 g/mol. The summed E-state index contributed by atoms with van der Waals surface area (Å²) in [6.07, 6.45) is 24.5. The van der Waals surface area contributed by atoms with E-state index in [9.17, 15) is 0 Å². The summed E-state index contributed by atoms with van der Waals surface area (Å²) in [5.41, 5.74) is 1.14. The molecule has 0 aromatic carbocycles. The van der Waals surface area contributed by atoms with Crippen LogP contribution in [0.5, 0.6) is 0 Å². The molecule has 4 saturated carbocycles. The first-order valence-electron chi connectivity index (χ1n) is 17.0. The summed E-state index contributed by atoms with van der Waals surface area (Å²) in [6, 6.07) is 0. The maximum absolute atomic E-state index is 6.82. The van der Waals surface area contributed by atoms with Crippen LogP contribution in [0.2, 0.25) is 0 Å². The van der Waals surface area contributed by atoms with Crippen LogP contribution in [0.3, 0.4) is 0 Å². The molecule has 37 heavy (non-hydrogen) atoms. The van der Waals surface area contributed by atoms with Gasteiger partial charge >= 0.3 is 0 Å². The van der Waals surface area contributed by atoms with Crippen molar-refractivity contribution < 1.29 is 9.47 Å². The fourth-order valence-electron chi connectivity index (χ4n) is 10.9. The predicted octanol–water partition coefficient (Wildman–Crippen LogP) is 9.98. The van der Waals surface area contributed by atoms with E-state index in [0.29, 0.717) is 23.0 Å². The van der Waals surface area contributed by atoms with Crippen molar-refractivity contribution in [2.45, 2.75) is 169 Å². The second kappa shape index (κ2) is 11.4. The molecule has 2 heteroatoms. The third-order valence-electron chi connectivity index (χ3n) is 13.1. The van der Waals surface area contributed by atoms with E-state index in [1.165, 1.54) is 109 Å². The molecule has 2 nitrogen and oxygen atoms in total. The quantitative estimate of drug-likeness (QED) is 0.180. The third kappa shape index (κ3) is 5.23. The highest BCUT2D eigenvalue weighted by molar-refractivity contribution is 5.24. The zero-order valence-corrected chi connectivity index (χ0v) is 25.7. The molecule has 4 aliphatic carbocycles. The Kier molecular flexibility index (Phi) is 8.78. The van der Waals surface area contributed by atoms with Crippen LogP contribution in [0, 0.1) is 46.3 Å². The number of epoxide rings is 1. The molecule has 0 aromatic rings. The predicted molar refractivity (Wildman–Crippen MR) is 156 cm³/mol. The van der Waals surface area contributed by atoms with Crippen molar-refractivity contribution in [3.63, 3.8) is 0 Å². The molecule has 0 aromatic heterocycles. The maximum atomic E-state index is 6.82. The Bertz CT molecular complexity index is 748. The first kappa shape index (κ1) is 28.4. The van der Waals surface area contributed by atoms with E-state index in [1.54, 1.807) is 0 Å². The summed E-state index contributed by atoms with van der Waals surface area (Å²) in [6.45, 7) is 16.0. The van der Waals surface area contributed by atoms with Gasteiger partial charge in [0.25, 0.3) is 0 Å². The maximum Gasteiger partial charge on any atom is 0.103 e. The van der Waals surface area contributed by atoms with Crippen LogP contribution in [0.15, 0.2) is 0 Å². The van der Waals surface area contributed by atoms with Gasteiger partial charge in [-0.25, -0.2) is 0 Å². The summed E-state index contributed by atoms with van der Waals surface area (Å²) >= 11 is 0. The van der Waals surface area contributed by atoms with Gasteiger partial charge in [-0.05, 0) is 92.3 Å². The van der Waals surface area contributed by atoms with Crippen molar-refractivity contribution in [2.75, 3.05) is 6.61 Å². The number of ether oxygens (including phenoxy) is 2. The second-order valence-electron chi connectivity index (χ2n) is 15.6. The Labute approximate surface area is 230 Å². The average Bonchev–Trinajstić information content (AvgIpc) is 3.44. The number of fused-ring (bicyclic) bond motifs is 4. The lowest BCUT2D eigenvalue weighted by molar-refractivity contribution is -0.125. The highest BCUT2D eigenvalue weighted by Crippen LogP contribution is 2.74. The van der Waals surface area contributed by atoms with E-state index in [-0.39, 0.29) is 5.60 Å². The van der Waals surface area contributed by atoms with Crippen LogP contribution < -0.4 is 0 Å². The molecule has 1 unspecified atom stereocenters. The molecule has 0 N–H and O–H groups in total. The Morgan fingerprint density at radius 1 is 0.838 bits per heavy atom. The fraction of sp³-hybridized carbons (Fsp3) is 1.00. The van der Waals surface area contributed by atoms with Gasteiger partial charge in [-0.15, -0.1) is 0 Å². The molecular formula is C35H62O2. The van der Waals surface area contributed by atoms with Gasteiger partial charge in [0.2, 0.25) is 0 Å². The lowest BCUT2D eigenvalue weighted by Gasteiger charge is -2.59. The van der Waals surface area contributed by atoms with Gasteiger partial charge < -0.3 is 9.47 Å². The largest absolute Gasteiger partial charge is 0.378 e. The van der Waals surface area contributed by atoms with Crippen molar-refractivity contribution in [2.24, 2.45) is 46.3 Å². The van der Waals surface area contributed by atoms with Crippen molar-refractivity contribution in [1.82, 2.24) is 0 Å². The first-order valence-corrected chi connectivity index (χ1v) is 17.0. The van der Waals surface area contributed by atoms with Gasteiger partial charge in [-0.1, -0.05) is 92.9 Å².